The fourth-order valence-electron chi connectivity index (χ4n) is 2.55. The van der Waals surface area contributed by atoms with Crippen LogP contribution in [0.4, 0.5) is 4.20 Å². The summed E-state index contributed by atoms with van der Waals surface area (Å²) in [6.45, 7) is 12.8. The SMILES string of the molecule is CC(C)(C)c1ccc2c(c1)OP(F)Oc1cc(C(C)(C)C)ccc1S2. The summed E-state index contributed by atoms with van der Waals surface area (Å²) in [5.41, 5.74) is 2.17. The monoisotopic (exact) mass is 378 g/mol. The maximum atomic E-state index is 14.4. The Labute approximate surface area is 155 Å². The predicted molar refractivity (Wildman–Crippen MR) is 104 cm³/mol. The molecule has 0 atom stereocenters. The highest BCUT2D eigenvalue weighted by molar-refractivity contribution is 7.99. The molecule has 0 bridgehead atoms. The number of rotatable bonds is 0. The summed E-state index contributed by atoms with van der Waals surface area (Å²) in [6.07, 6.45) is 0. The van der Waals surface area contributed by atoms with Crippen LogP contribution in [0.2, 0.25) is 0 Å². The second-order valence-corrected chi connectivity index (χ2v) is 10.2. The lowest BCUT2D eigenvalue weighted by Gasteiger charge is -2.25. The summed E-state index contributed by atoms with van der Waals surface area (Å²) < 4.78 is 25.5. The molecule has 0 saturated heterocycles. The Balaban J connectivity index is 2.04. The highest BCUT2D eigenvalue weighted by atomic mass is 32.2. The minimum absolute atomic E-state index is 0.0229. The van der Waals surface area contributed by atoms with Crippen LogP contribution in [0.25, 0.3) is 0 Å². The van der Waals surface area contributed by atoms with Crippen LogP contribution in [-0.4, -0.2) is 0 Å². The molecule has 0 spiro atoms. The number of fused-ring (bicyclic) bond motifs is 2. The Hall–Kier alpha value is -1.25. The third kappa shape index (κ3) is 4.12. The lowest BCUT2D eigenvalue weighted by Crippen LogP contribution is -2.12. The Morgan fingerprint density at radius 2 is 1.16 bits per heavy atom. The molecule has 1 aliphatic rings. The van der Waals surface area contributed by atoms with Gasteiger partial charge in [0, 0.05) is 0 Å². The normalized spacial score (nSPS) is 15.3. The largest absolute Gasteiger partial charge is 0.505 e. The van der Waals surface area contributed by atoms with Crippen molar-refractivity contribution in [3.63, 3.8) is 0 Å². The first-order valence-corrected chi connectivity index (χ1v) is 10.2. The zero-order chi connectivity index (χ0) is 18.4. The summed E-state index contributed by atoms with van der Waals surface area (Å²) in [5, 5.41) is 0. The minimum Gasteiger partial charge on any atom is -0.413 e. The van der Waals surface area contributed by atoms with E-state index < -0.39 is 8.69 Å². The molecule has 2 nitrogen and oxygen atoms in total. The highest BCUT2D eigenvalue weighted by Crippen LogP contribution is 2.52. The van der Waals surface area contributed by atoms with Crippen LogP contribution >= 0.6 is 20.4 Å². The van der Waals surface area contributed by atoms with E-state index in [4.69, 9.17) is 9.05 Å². The zero-order valence-electron chi connectivity index (χ0n) is 15.5. The molecular formula is C20H24FO2PS. The zero-order valence-corrected chi connectivity index (χ0v) is 17.2. The van der Waals surface area contributed by atoms with Gasteiger partial charge < -0.3 is 9.05 Å². The average molecular weight is 378 g/mol. The lowest BCUT2D eigenvalue weighted by atomic mass is 9.87. The minimum atomic E-state index is -2.52. The van der Waals surface area contributed by atoms with Crippen LogP contribution in [0.1, 0.15) is 52.7 Å². The molecule has 3 rings (SSSR count). The van der Waals surface area contributed by atoms with Crippen LogP contribution in [0.15, 0.2) is 46.2 Å². The van der Waals surface area contributed by atoms with E-state index in [1.54, 1.807) is 11.8 Å². The van der Waals surface area contributed by atoms with Crippen molar-refractivity contribution >= 4 is 20.4 Å². The molecule has 0 radical (unpaired) electrons. The van der Waals surface area contributed by atoms with E-state index in [9.17, 15) is 4.20 Å². The molecule has 2 aromatic rings. The second kappa shape index (κ2) is 6.48. The van der Waals surface area contributed by atoms with Gasteiger partial charge in [0.2, 0.25) is 0 Å². The van der Waals surface area contributed by atoms with Crippen molar-refractivity contribution in [3.8, 4) is 11.5 Å². The number of benzene rings is 2. The van der Waals surface area contributed by atoms with E-state index in [2.05, 4.69) is 53.7 Å². The van der Waals surface area contributed by atoms with E-state index in [-0.39, 0.29) is 10.8 Å². The van der Waals surface area contributed by atoms with Gasteiger partial charge in [0.25, 0.3) is 0 Å². The number of hydrogen-bond donors (Lipinski definition) is 0. The smallest absolute Gasteiger partial charge is 0.413 e. The Kier molecular flexibility index (Phi) is 4.81. The summed E-state index contributed by atoms with van der Waals surface area (Å²) in [6, 6.07) is 12.0. The Bertz CT molecular complexity index is 728. The van der Waals surface area contributed by atoms with Gasteiger partial charge in [0.05, 0.1) is 9.79 Å². The van der Waals surface area contributed by atoms with E-state index in [0.29, 0.717) is 11.5 Å². The van der Waals surface area contributed by atoms with Gasteiger partial charge >= 0.3 is 8.69 Å². The fraction of sp³-hybridized carbons (Fsp3) is 0.400. The number of halogens is 1. The third-order valence-corrected chi connectivity index (χ3v) is 5.97. The molecule has 134 valence electrons. The Morgan fingerprint density at radius 3 is 1.52 bits per heavy atom. The van der Waals surface area contributed by atoms with Gasteiger partial charge in [-0.2, -0.15) is 0 Å². The van der Waals surface area contributed by atoms with E-state index in [0.717, 1.165) is 20.9 Å². The van der Waals surface area contributed by atoms with Gasteiger partial charge in [0.1, 0.15) is 11.5 Å². The van der Waals surface area contributed by atoms with Crippen LogP contribution in [-0.2, 0) is 10.8 Å². The van der Waals surface area contributed by atoms with Gasteiger partial charge in [0.15, 0.2) is 0 Å². The fourth-order valence-corrected chi connectivity index (χ4v) is 4.24. The van der Waals surface area contributed by atoms with E-state index in [1.807, 2.05) is 24.3 Å². The molecule has 5 heteroatoms. The van der Waals surface area contributed by atoms with Crippen molar-refractivity contribution < 1.29 is 13.2 Å². The topological polar surface area (TPSA) is 18.5 Å². The molecule has 0 N–H and O–H groups in total. The first-order valence-electron chi connectivity index (χ1n) is 8.33. The van der Waals surface area contributed by atoms with Gasteiger partial charge in [-0.25, -0.2) is 0 Å². The van der Waals surface area contributed by atoms with Crippen molar-refractivity contribution in [1.29, 1.82) is 0 Å². The second-order valence-electron chi connectivity index (χ2n) is 8.32. The standard InChI is InChI=1S/C20H24FO2PS/c1-19(2,3)13-7-9-17-15(11-13)22-24(21)23-16-12-14(20(4,5)6)8-10-18(16)25-17/h7-12H,1-6H3. The molecule has 25 heavy (non-hydrogen) atoms. The molecule has 0 aromatic heterocycles. The Morgan fingerprint density at radius 1 is 0.760 bits per heavy atom. The number of hydrogen-bond acceptors (Lipinski definition) is 3. The maximum Gasteiger partial charge on any atom is 0.505 e. The van der Waals surface area contributed by atoms with Crippen molar-refractivity contribution in [2.24, 2.45) is 0 Å². The molecule has 0 unspecified atom stereocenters. The van der Waals surface area contributed by atoms with Crippen LogP contribution in [0, 0.1) is 0 Å². The predicted octanol–water partition coefficient (Wildman–Crippen LogP) is 7.40. The highest BCUT2D eigenvalue weighted by Gasteiger charge is 2.26. The van der Waals surface area contributed by atoms with Gasteiger partial charge in [-0.05, 0) is 46.2 Å². The van der Waals surface area contributed by atoms with Crippen molar-refractivity contribution in [2.45, 2.75) is 62.2 Å². The third-order valence-electron chi connectivity index (χ3n) is 4.18. The molecule has 2 aromatic carbocycles. The molecular weight excluding hydrogens is 354 g/mol. The van der Waals surface area contributed by atoms with Gasteiger partial charge in [-0.1, -0.05) is 65.4 Å². The lowest BCUT2D eigenvalue weighted by molar-refractivity contribution is 0.424. The molecule has 1 heterocycles. The van der Waals surface area contributed by atoms with Crippen molar-refractivity contribution in [1.82, 2.24) is 0 Å². The van der Waals surface area contributed by atoms with Crippen LogP contribution in [0.3, 0.4) is 0 Å². The van der Waals surface area contributed by atoms with Crippen LogP contribution < -0.4 is 9.05 Å². The summed E-state index contributed by atoms with van der Waals surface area (Å²) in [5.74, 6) is 1.10. The van der Waals surface area contributed by atoms with E-state index in [1.165, 1.54) is 0 Å². The van der Waals surface area contributed by atoms with Crippen LogP contribution in [0.5, 0.6) is 11.5 Å². The molecule has 0 fully saturated rings. The maximum absolute atomic E-state index is 14.4. The average Bonchev–Trinajstić information content (AvgIpc) is 2.46. The summed E-state index contributed by atoms with van der Waals surface area (Å²) in [4.78, 5) is 1.82. The molecule has 0 amide bonds. The summed E-state index contributed by atoms with van der Waals surface area (Å²) >= 11 is 1.55. The molecule has 1 aliphatic heterocycles. The van der Waals surface area contributed by atoms with Crippen molar-refractivity contribution in [2.75, 3.05) is 0 Å². The van der Waals surface area contributed by atoms with Gasteiger partial charge in [-0.3, -0.25) is 0 Å². The quantitative estimate of drug-likeness (QED) is 0.445. The molecule has 0 aliphatic carbocycles. The first-order chi connectivity index (χ1) is 11.5. The first kappa shape index (κ1) is 18.5. The molecule has 0 saturated carbocycles. The van der Waals surface area contributed by atoms with E-state index >= 15 is 0 Å². The summed E-state index contributed by atoms with van der Waals surface area (Å²) in [7, 11) is -2.52. The van der Waals surface area contributed by atoms with Gasteiger partial charge in [-0.15, -0.1) is 4.20 Å². The van der Waals surface area contributed by atoms with Crippen molar-refractivity contribution in [3.05, 3.63) is 47.5 Å².